The Hall–Kier alpha value is -1.36. The Bertz CT molecular complexity index is 348. The van der Waals surface area contributed by atoms with Gasteiger partial charge in [-0.3, -0.25) is 4.79 Å². The normalized spacial score (nSPS) is 12.5. The van der Waals surface area contributed by atoms with Crippen LogP contribution in [0.1, 0.15) is 24.3 Å². The molecular formula is C11H20N4O. The Morgan fingerprint density at radius 3 is 2.81 bits per heavy atom. The predicted octanol–water partition coefficient (Wildman–Crippen LogP) is 0.477. The van der Waals surface area contributed by atoms with E-state index in [0.717, 1.165) is 0 Å². The zero-order valence-corrected chi connectivity index (χ0v) is 10.2. The molecule has 0 aliphatic carbocycles. The monoisotopic (exact) mass is 224 g/mol. The summed E-state index contributed by atoms with van der Waals surface area (Å²) in [4.78, 5) is 17.9. The molecule has 0 radical (unpaired) electrons. The van der Waals surface area contributed by atoms with Gasteiger partial charge in [-0.25, -0.2) is 4.98 Å². The van der Waals surface area contributed by atoms with Crippen LogP contribution in [-0.2, 0) is 7.05 Å². The number of rotatable bonds is 5. The quantitative estimate of drug-likeness (QED) is 0.791. The first-order valence-electron chi connectivity index (χ1n) is 5.55. The lowest BCUT2D eigenvalue weighted by molar-refractivity contribution is 0.0738. The van der Waals surface area contributed by atoms with Crippen LogP contribution >= 0.6 is 0 Å². The van der Waals surface area contributed by atoms with E-state index < -0.39 is 0 Å². The minimum absolute atomic E-state index is 0.0246. The summed E-state index contributed by atoms with van der Waals surface area (Å²) in [5.41, 5.74) is 6.05. The Labute approximate surface area is 96.3 Å². The van der Waals surface area contributed by atoms with Crippen molar-refractivity contribution in [2.45, 2.75) is 13.8 Å². The lowest BCUT2D eigenvalue weighted by Crippen LogP contribution is -2.36. The Kier molecular flexibility index (Phi) is 4.49. The highest BCUT2D eigenvalue weighted by Gasteiger charge is 2.17. The molecule has 0 saturated carbocycles. The Morgan fingerprint density at radius 2 is 2.38 bits per heavy atom. The van der Waals surface area contributed by atoms with E-state index in [-0.39, 0.29) is 5.91 Å². The third-order valence-electron chi connectivity index (χ3n) is 2.53. The molecule has 0 aliphatic heterocycles. The van der Waals surface area contributed by atoms with E-state index in [2.05, 4.69) is 4.98 Å². The summed E-state index contributed by atoms with van der Waals surface area (Å²) >= 11 is 0. The molecule has 0 bridgehead atoms. The highest BCUT2D eigenvalue weighted by Crippen LogP contribution is 2.05. The maximum atomic E-state index is 12.0. The van der Waals surface area contributed by atoms with Crippen molar-refractivity contribution in [3.05, 3.63) is 18.2 Å². The molecule has 2 N–H and O–H groups in total. The fraction of sp³-hybridized carbons (Fsp3) is 0.636. The Balaban J connectivity index is 2.69. The molecule has 1 heterocycles. The summed E-state index contributed by atoms with van der Waals surface area (Å²) in [6, 6.07) is 0. The highest BCUT2D eigenvalue weighted by atomic mass is 16.2. The molecule has 1 amide bonds. The molecule has 5 nitrogen and oxygen atoms in total. The molecule has 1 unspecified atom stereocenters. The number of nitrogens with zero attached hydrogens (tertiary/aromatic N) is 3. The number of carbonyl (C=O) groups is 1. The van der Waals surface area contributed by atoms with Crippen molar-refractivity contribution in [3.8, 4) is 0 Å². The summed E-state index contributed by atoms with van der Waals surface area (Å²) < 4.78 is 1.77. The molecule has 0 aliphatic rings. The summed E-state index contributed by atoms with van der Waals surface area (Å²) in [5.74, 6) is 0.288. The minimum Gasteiger partial charge on any atom is -0.340 e. The number of hydrogen-bond donors (Lipinski definition) is 1. The number of amides is 1. The van der Waals surface area contributed by atoms with Gasteiger partial charge in [-0.15, -0.1) is 0 Å². The SMILES string of the molecule is CCN(CC(C)CN)C(=O)c1cn(C)cn1. The van der Waals surface area contributed by atoms with Crippen LogP contribution in [-0.4, -0.2) is 40.0 Å². The lowest BCUT2D eigenvalue weighted by Gasteiger charge is -2.23. The van der Waals surface area contributed by atoms with Gasteiger partial charge in [0.05, 0.1) is 6.33 Å². The first kappa shape index (κ1) is 12.7. The van der Waals surface area contributed by atoms with Gasteiger partial charge in [-0.2, -0.15) is 0 Å². The Morgan fingerprint density at radius 1 is 1.69 bits per heavy atom. The van der Waals surface area contributed by atoms with E-state index in [1.807, 2.05) is 20.9 Å². The molecule has 0 aromatic carbocycles. The molecule has 0 saturated heterocycles. The number of carbonyl (C=O) groups excluding carboxylic acids is 1. The molecule has 1 atom stereocenters. The first-order valence-corrected chi connectivity index (χ1v) is 5.55. The van der Waals surface area contributed by atoms with E-state index in [1.165, 1.54) is 0 Å². The van der Waals surface area contributed by atoms with Crippen molar-refractivity contribution >= 4 is 5.91 Å². The average molecular weight is 224 g/mol. The van der Waals surface area contributed by atoms with Crippen LogP contribution < -0.4 is 5.73 Å². The van der Waals surface area contributed by atoms with Gasteiger partial charge >= 0.3 is 0 Å². The van der Waals surface area contributed by atoms with E-state index in [9.17, 15) is 4.79 Å². The maximum absolute atomic E-state index is 12.0. The second kappa shape index (κ2) is 5.65. The van der Waals surface area contributed by atoms with Crippen LogP contribution in [0.25, 0.3) is 0 Å². The number of nitrogens with two attached hydrogens (primary N) is 1. The predicted molar refractivity (Wildman–Crippen MR) is 63.0 cm³/mol. The molecule has 1 aromatic rings. The number of imidazole rings is 1. The zero-order valence-electron chi connectivity index (χ0n) is 10.2. The summed E-state index contributed by atoms with van der Waals surface area (Å²) in [5, 5.41) is 0. The fourth-order valence-corrected chi connectivity index (χ4v) is 1.49. The van der Waals surface area contributed by atoms with Crippen LogP contribution in [0, 0.1) is 5.92 Å². The number of aryl methyl sites for hydroxylation is 1. The van der Waals surface area contributed by atoms with Gasteiger partial charge in [0.1, 0.15) is 5.69 Å². The van der Waals surface area contributed by atoms with Gasteiger partial charge in [0, 0.05) is 26.3 Å². The third-order valence-corrected chi connectivity index (χ3v) is 2.53. The van der Waals surface area contributed by atoms with Crippen LogP contribution in [0.4, 0.5) is 0 Å². The average Bonchev–Trinajstić information content (AvgIpc) is 2.71. The van der Waals surface area contributed by atoms with Gasteiger partial charge < -0.3 is 15.2 Å². The van der Waals surface area contributed by atoms with Crippen molar-refractivity contribution in [1.82, 2.24) is 14.5 Å². The van der Waals surface area contributed by atoms with Crippen molar-refractivity contribution in [1.29, 1.82) is 0 Å². The van der Waals surface area contributed by atoms with Gasteiger partial charge in [-0.1, -0.05) is 6.92 Å². The summed E-state index contributed by atoms with van der Waals surface area (Å²) in [6.07, 6.45) is 3.37. The van der Waals surface area contributed by atoms with Crippen LogP contribution in [0.15, 0.2) is 12.5 Å². The highest BCUT2D eigenvalue weighted by molar-refractivity contribution is 5.92. The maximum Gasteiger partial charge on any atom is 0.274 e. The third kappa shape index (κ3) is 3.06. The molecule has 5 heteroatoms. The first-order chi connectivity index (χ1) is 7.58. The van der Waals surface area contributed by atoms with Crippen molar-refractivity contribution in [2.75, 3.05) is 19.6 Å². The smallest absolute Gasteiger partial charge is 0.274 e. The summed E-state index contributed by atoms with van der Waals surface area (Å²) in [6.45, 7) is 5.95. The number of aromatic nitrogens is 2. The molecule has 1 aromatic heterocycles. The number of hydrogen-bond acceptors (Lipinski definition) is 3. The fourth-order valence-electron chi connectivity index (χ4n) is 1.49. The molecular weight excluding hydrogens is 204 g/mol. The lowest BCUT2D eigenvalue weighted by atomic mass is 10.1. The molecule has 0 spiro atoms. The van der Waals surface area contributed by atoms with Crippen molar-refractivity contribution in [3.63, 3.8) is 0 Å². The minimum atomic E-state index is -0.0246. The molecule has 1 rings (SSSR count). The van der Waals surface area contributed by atoms with Crippen molar-refractivity contribution in [2.24, 2.45) is 18.7 Å². The van der Waals surface area contributed by atoms with Gasteiger partial charge in [-0.05, 0) is 19.4 Å². The van der Waals surface area contributed by atoms with Crippen LogP contribution in [0.5, 0.6) is 0 Å². The van der Waals surface area contributed by atoms with E-state index in [4.69, 9.17) is 5.73 Å². The largest absolute Gasteiger partial charge is 0.340 e. The van der Waals surface area contributed by atoms with Crippen LogP contribution in [0.3, 0.4) is 0 Å². The molecule has 90 valence electrons. The van der Waals surface area contributed by atoms with E-state index in [0.29, 0.717) is 31.2 Å². The standard InChI is InChI=1S/C11H20N4O/c1-4-15(6-9(2)5-12)11(16)10-7-14(3)8-13-10/h7-9H,4-6,12H2,1-3H3. The van der Waals surface area contributed by atoms with Gasteiger partial charge in [0.2, 0.25) is 0 Å². The molecule has 0 fully saturated rings. The van der Waals surface area contributed by atoms with Gasteiger partial charge in [0.15, 0.2) is 0 Å². The van der Waals surface area contributed by atoms with E-state index >= 15 is 0 Å². The summed E-state index contributed by atoms with van der Waals surface area (Å²) in [7, 11) is 1.85. The zero-order chi connectivity index (χ0) is 12.1. The molecule has 16 heavy (non-hydrogen) atoms. The second-order valence-corrected chi connectivity index (χ2v) is 4.11. The van der Waals surface area contributed by atoms with E-state index in [1.54, 1.807) is 22.0 Å². The van der Waals surface area contributed by atoms with Gasteiger partial charge in [0.25, 0.3) is 5.91 Å². The topological polar surface area (TPSA) is 64.2 Å². The second-order valence-electron chi connectivity index (χ2n) is 4.11. The van der Waals surface area contributed by atoms with Crippen LogP contribution in [0.2, 0.25) is 0 Å². The van der Waals surface area contributed by atoms with Crippen molar-refractivity contribution < 1.29 is 4.79 Å².